The monoisotopic (exact) mass is 535 g/mol. The molecule has 0 saturated carbocycles. The van der Waals surface area contributed by atoms with Crippen molar-refractivity contribution in [2.45, 2.75) is 116 Å². The first-order valence-corrected chi connectivity index (χ1v) is 15.6. The van der Waals surface area contributed by atoms with E-state index >= 15 is 0 Å². The molecule has 0 spiro atoms. The molecule has 0 rings (SSSR count). The van der Waals surface area contributed by atoms with Crippen LogP contribution in [-0.4, -0.2) is 73.4 Å². The summed E-state index contributed by atoms with van der Waals surface area (Å²) < 4.78 is 23.1. The lowest BCUT2D eigenvalue weighted by Crippen LogP contribution is -2.45. The van der Waals surface area contributed by atoms with Gasteiger partial charge in [0.2, 0.25) is 5.91 Å². The molecule has 3 N–H and O–H groups in total. The number of amides is 1. The minimum Gasteiger partial charge on any atom is -0.387 e. The van der Waals surface area contributed by atoms with Crippen LogP contribution < -0.4 is 5.32 Å². The van der Waals surface area contributed by atoms with Crippen LogP contribution in [0.25, 0.3) is 0 Å². The van der Waals surface area contributed by atoms with Gasteiger partial charge in [0.15, 0.2) is 0 Å². The highest BCUT2D eigenvalue weighted by molar-refractivity contribution is 7.47. The van der Waals surface area contributed by atoms with Crippen LogP contribution in [0.2, 0.25) is 0 Å². The van der Waals surface area contributed by atoms with Crippen molar-refractivity contribution in [3.63, 3.8) is 0 Å². The zero-order chi connectivity index (χ0) is 27.3. The van der Waals surface area contributed by atoms with E-state index in [4.69, 9.17) is 9.05 Å². The Bertz CT molecular complexity index is 624. The van der Waals surface area contributed by atoms with Crippen LogP contribution in [0, 0.1) is 0 Å². The fraction of sp³-hybridized carbons (Fsp3) is 0.889. The Hall–Kier alpha value is -0.760. The number of aliphatic hydroxyl groups is 1. The number of nitrogens with one attached hydrogen (secondary N) is 1. The number of carbonyl (C=O) groups excluding carboxylic acids is 1. The van der Waals surface area contributed by atoms with Crippen LogP contribution in [0.4, 0.5) is 0 Å². The molecule has 3 unspecified atom stereocenters. The highest BCUT2D eigenvalue weighted by Gasteiger charge is 2.27. The Kier molecular flexibility index (Phi) is 20.8. The van der Waals surface area contributed by atoms with Crippen molar-refractivity contribution in [3.8, 4) is 0 Å². The standard InChI is InChI=1S/C27H55N2O6P/c1-6-8-10-12-14-15-17-19-21-27(31)28-25(26(30)20-18-16-13-11-9-7-2)24-35-36(32,33)34-23-22-29(3,4)5/h18,20,25-26,30H,6-17,19,21-24H2,1-5H3,(H-,28,31,32,33)/p+1/b20-18+. The van der Waals surface area contributed by atoms with Crippen molar-refractivity contribution in [2.24, 2.45) is 0 Å². The van der Waals surface area contributed by atoms with Gasteiger partial charge in [0.1, 0.15) is 13.2 Å². The van der Waals surface area contributed by atoms with Gasteiger partial charge in [0, 0.05) is 6.42 Å². The third kappa shape index (κ3) is 22.4. The maximum absolute atomic E-state index is 12.5. The maximum atomic E-state index is 12.5. The van der Waals surface area contributed by atoms with Crippen LogP contribution in [0.1, 0.15) is 104 Å². The second-order valence-corrected chi connectivity index (χ2v) is 12.2. The molecule has 0 heterocycles. The van der Waals surface area contributed by atoms with Crippen molar-refractivity contribution >= 4 is 13.7 Å². The summed E-state index contributed by atoms with van der Waals surface area (Å²) in [5.74, 6) is -0.191. The number of hydrogen-bond donors (Lipinski definition) is 3. The Labute approximate surface area is 221 Å². The smallest absolute Gasteiger partial charge is 0.387 e. The number of likely N-dealkylation sites (N-methyl/N-ethyl adjacent to an activating group) is 1. The fourth-order valence-corrected chi connectivity index (χ4v) is 4.36. The fourth-order valence-electron chi connectivity index (χ4n) is 3.62. The number of aliphatic hydroxyl groups excluding tert-OH is 1. The first kappa shape index (κ1) is 35.2. The third-order valence-electron chi connectivity index (χ3n) is 6.01. The molecule has 8 nitrogen and oxygen atoms in total. The van der Waals surface area contributed by atoms with Crippen LogP contribution in [0.5, 0.6) is 0 Å². The molecular weight excluding hydrogens is 479 g/mol. The van der Waals surface area contributed by atoms with E-state index < -0.39 is 20.0 Å². The molecule has 0 saturated heterocycles. The minimum atomic E-state index is -4.30. The lowest BCUT2D eigenvalue weighted by Gasteiger charge is -2.25. The maximum Gasteiger partial charge on any atom is 0.472 e. The predicted molar refractivity (Wildman–Crippen MR) is 148 cm³/mol. The highest BCUT2D eigenvalue weighted by Crippen LogP contribution is 2.43. The SMILES string of the molecule is CCCCCC/C=C/C(O)C(COP(=O)(O)OCC[N+](C)(C)C)NC(=O)CCCCCCCCCC. The van der Waals surface area contributed by atoms with Crippen LogP contribution in [0.3, 0.4) is 0 Å². The number of quaternary nitrogens is 1. The summed E-state index contributed by atoms with van der Waals surface area (Å²) >= 11 is 0. The van der Waals surface area contributed by atoms with Gasteiger partial charge in [-0.2, -0.15) is 0 Å². The molecule has 0 aliphatic heterocycles. The second kappa shape index (κ2) is 21.2. The Balaban J connectivity index is 4.70. The normalized spacial score (nSPS) is 15.6. The molecule has 0 aromatic carbocycles. The number of phosphoric ester groups is 1. The number of nitrogens with zero attached hydrogens (tertiary/aromatic N) is 1. The van der Waals surface area contributed by atoms with Crippen molar-refractivity contribution in [3.05, 3.63) is 12.2 Å². The summed E-state index contributed by atoms with van der Waals surface area (Å²) in [6.07, 6.45) is 17.3. The van der Waals surface area contributed by atoms with Gasteiger partial charge in [-0.05, 0) is 19.3 Å². The van der Waals surface area contributed by atoms with E-state index in [2.05, 4.69) is 19.2 Å². The Morgan fingerprint density at radius 3 is 2.06 bits per heavy atom. The molecule has 1 amide bonds. The molecule has 0 aromatic rings. The Morgan fingerprint density at radius 1 is 0.917 bits per heavy atom. The van der Waals surface area contributed by atoms with Gasteiger partial charge in [-0.3, -0.25) is 13.8 Å². The summed E-state index contributed by atoms with van der Waals surface area (Å²) in [4.78, 5) is 22.6. The van der Waals surface area contributed by atoms with Crippen molar-refractivity contribution < 1.29 is 32.9 Å². The molecule has 0 aliphatic rings. The topological polar surface area (TPSA) is 105 Å². The van der Waals surface area contributed by atoms with E-state index in [9.17, 15) is 19.4 Å². The molecule has 0 fully saturated rings. The average Bonchev–Trinajstić information content (AvgIpc) is 2.79. The largest absolute Gasteiger partial charge is 0.472 e. The molecule has 0 radical (unpaired) electrons. The number of unbranched alkanes of at least 4 members (excludes halogenated alkanes) is 11. The summed E-state index contributed by atoms with van der Waals surface area (Å²) in [5, 5.41) is 13.5. The quantitative estimate of drug-likeness (QED) is 0.0631. The number of rotatable bonds is 24. The zero-order valence-electron chi connectivity index (χ0n) is 23.8. The molecular formula is C27H56N2O6P+. The predicted octanol–water partition coefficient (Wildman–Crippen LogP) is 5.73. The Morgan fingerprint density at radius 2 is 1.47 bits per heavy atom. The summed E-state index contributed by atoms with van der Waals surface area (Å²) in [6, 6.07) is -0.832. The molecule has 36 heavy (non-hydrogen) atoms. The number of hydrogen-bond acceptors (Lipinski definition) is 5. The molecule has 3 atom stereocenters. The first-order chi connectivity index (χ1) is 17.0. The van der Waals surface area contributed by atoms with Gasteiger partial charge in [-0.15, -0.1) is 0 Å². The zero-order valence-corrected chi connectivity index (χ0v) is 24.6. The van der Waals surface area contributed by atoms with Gasteiger partial charge >= 0.3 is 7.82 Å². The molecule has 0 bridgehead atoms. The van der Waals surface area contributed by atoms with Crippen molar-refractivity contribution in [1.82, 2.24) is 5.32 Å². The van der Waals surface area contributed by atoms with Crippen LogP contribution in [0.15, 0.2) is 12.2 Å². The van der Waals surface area contributed by atoms with Crippen LogP contribution in [-0.2, 0) is 18.4 Å². The number of carbonyl (C=O) groups is 1. The lowest BCUT2D eigenvalue weighted by molar-refractivity contribution is -0.870. The van der Waals surface area contributed by atoms with E-state index in [1.165, 1.54) is 38.5 Å². The van der Waals surface area contributed by atoms with Gasteiger partial charge in [0.05, 0.1) is 39.9 Å². The molecule has 214 valence electrons. The van der Waals surface area contributed by atoms with E-state index in [1.807, 2.05) is 27.2 Å². The molecule has 0 aliphatic carbocycles. The summed E-state index contributed by atoms with van der Waals surface area (Å²) in [5.41, 5.74) is 0. The van der Waals surface area contributed by atoms with Gasteiger partial charge in [0.25, 0.3) is 0 Å². The summed E-state index contributed by atoms with van der Waals surface area (Å²) in [6.45, 7) is 4.65. The number of phosphoric acid groups is 1. The first-order valence-electron chi connectivity index (χ1n) is 14.1. The highest BCUT2D eigenvalue weighted by atomic mass is 31.2. The van der Waals surface area contributed by atoms with Crippen LogP contribution >= 0.6 is 7.82 Å². The average molecular weight is 536 g/mol. The van der Waals surface area contributed by atoms with Gasteiger partial charge < -0.3 is 19.8 Å². The van der Waals surface area contributed by atoms with Crippen molar-refractivity contribution in [1.29, 1.82) is 0 Å². The number of allylic oxidation sites excluding steroid dienone is 1. The van der Waals surface area contributed by atoms with Crippen molar-refractivity contribution in [2.75, 3.05) is 40.9 Å². The molecule has 9 heteroatoms. The van der Waals surface area contributed by atoms with E-state index in [0.29, 0.717) is 17.4 Å². The summed E-state index contributed by atoms with van der Waals surface area (Å²) in [7, 11) is 1.56. The van der Waals surface area contributed by atoms with Gasteiger partial charge in [-0.25, -0.2) is 4.57 Å². The van der Waals surface area contributed by atoms with E-state index in [-0.39, 0.29) is 19.1 Å². The lowest BCUT2D eigenvalue weighted by atomic mass is 10.1. The van der Waals surface area contributed by atoms with Gasteiger partial charge in [-0.1, -0.05) is 90.2 Å². The molecule has 0 aromatic heterocycles. The minimum absolute atomic E-state index is 0.0625. The second-order valence-electron chi connectivity index (χ2n) is 10.8. The third-order valence-corrected chi connectivity index (χ3v) is 6.99. The van der Waals surface area contributed by atoms with E-state index in [0.717, 1.165) is 44.9 Å². The van der Waals surface area contributed by atoms with E-state index in [1.54, 1.807) is 6.08 Å².